The van der Waals surface area contributed by atoms with E-state index in [2.05, 4.69) is 24.3 Å². The summed E-state index contributed by atoms with van der Waals surface area (Å²) in [5.41, 5.74) is 3.68. The minimum Gasteiger partial charge on any atom is -0.497 e. The molecule has 0 radical (unpaired) electrons. The van der Waals surface area contributed by atoms with Gasteiger partial charge in [0.05, 0.1) is 7.11 Å². The van der Waals surface area contributed by atoms with E-state index < -0.39 is 0 Å². The van der Waals surface area contributed by atoms with Crippen molar-refractivity contribution in [1.82, 2.24) is 0 Å². The van der Waals surface area contributed by atoms with Crippen molar-refractivity contribution >= 4 is 11.6 Å². The van der Waals surface area contributed by atoms with Gasteiger partial charge in [0.1, 0.15) is 11.6 Å². The highest BCUT2D eigenvalue weighted by atomic mass is 35.5. The van der Waals surface area contributed by atoms with E-state index in [9.17, 15) is 4.39 Å². The second-order valence-corrected chi connectivity index (χ2v) is 7.19. The summed E-state index contributed by atoms with van der Waals surface area (Å²) in [5, 5.41) is 0.733. The molecule has 0 aliphatic carbocycles. The number of benzene rings is 3. The fourth-order valence-corrected chi connectivity index (χ4v) is 3.51. The van der Waals surface area contributed by atoms with Gasteiger partial charge in [-0.2, -0.15) is 0 Å². The normalized spacial score (nSPS) is 12.0. The molecule has 1 nitrogen and oxygen atoms in total. The van der Waals surface area contributed by atoms with Crippen molar-refractivity contribution in [2.45, 2.75) is 31.6 Å². The van der Waals surface area contributed by atoms with Gasteiger partial charge in [-0.15, -0.1) is 0 Å². The highest BCUT2D eigenvalue weighted by Gasteiger charge is 2.14. The lowest BCUT2D eigenvalue weighted by molar-refractivity contribution is 0.414. The Morgan fingerprint density at radius 2 is 1.41 bits per heavy atom. The molecule has 0 aliphatic rings. The number of ether oxygens (including phenoxy) is 1. The molecule has 1 unspecified atom stereocenters. The predicted octanol–water partition coefficient (Wildman–Crippen LogP) is 7.03. The zero-order chi connectivity index (χ0) is 19.1. The molecular weight excluding hydrogens is 359 g/mol. The summed E-state index contributed by atoms with van der Waals surface area (Å²) in [4.78, 5) is 0. The zero-order valence-electron chi connectivity index (χ0n) is 15.5. The molecule has 0 aromatic heterocycles. The molecule has 3 aromatic carbocycles. The summed E-state index contributed by atoms with van der Waals surface area (Å²) in [6, 6.07) is 23.1. The molecule has 3 rings (SSSR count). The van der Waals surface area contributed by atoms with Gasteiger partial charge in [-0.1, -0.05) is 54.4 Å². The number of hydrogen-bond donors (Lipinski definition) is 0. The number of methoxy groups -OCH3 is 1. The van der Waals surface area contributed by atoms with Crippen LogP contribution in [0.15, 0.2) is 72.8 Å². The van der Waals surface area contributed by atoms with Gasteiger partial charge in [0.2, 0.25) is 0 Å². The second kappa shape index (κ2) is 9.57. The third kappa shape index (κ3) is 5.58. The molecule has 0 aliphatic heterocycles. The summed E-state index contributed by atoms with van der Waals surface area (Å²) in [6.45, 7) is 0. The van der Waals surface area contributed by atoms with Gasteiger partial charge in [0, 0.05) is 10.9 Å². The maximum atomic E-state index is 13.3. The predicted molar refractivity (Wildman–Crippen MR) is 110 cm³/mol. The summed E-state index contributed by atoms with van der Waals surface area (Å²) in [6.07, 6.45) is 4.26. The SMILES string of the molecule is COc1ccc(CCCCC(c2ccc(F)cc2)c2ccc(Cl)cc2)cc1. The summed E-state index contributed by atoms with van der Waals surface area (Å²) < 4.78 is 18.5. The first-order valence-electron chi connectivity index (χ1n) is 9.29. The van der Waals surface area contributed by atoms with Gasteiger partial charge in [0.15, 0.2) is 0 Å². The molecule has 0 saturated carbocycles. The fourth-order valence-electron chi connectivity index (χ4n) is 3.39. The van der Waals surface area contributed by atoms with Crippen LogP contribution in [0.25, 0.3) is 0 Å². The van der Waals surface area contributed by atoms with Gasteiger partial charge in [-0.25, -0.2) is 4.39 Å². The van der Waals surface area contributed by atoms with Gasteiger partial charge in [-0.05, 0) is 72.4 Å². The van der Waals surface area contributed by atoms with Crippen molar-refractivity contribution in [2.75, 3.05) is 7.11 Å². The molecule has 0 bridgehead atoms. The molecule has 0 amide bonds. The molecule has 0 fully saturated rings. The molecule has 3 heteroatoms. The fraction of sp³-hybridized carbons (Fsp3) is 0.250. The maximum absolute atomic E-state index is 13.3. The van der Waals surface area contributed by atoms with Gasteiger partial charge >= 0.3 is 0 Å². The van der Waals surface area contributed by atoms with Gasteiger partial charge in [-0.3, -0.25) is 0 Å². The van der Waals surface area contributed by atoms with E-state index in [1.807, 2.05) is 36.4 Å². The van der Waals surface area contributed by atoms with Crippen molar-refractivity contribution in [2.24, 2.45) is 0 Å². The second-order valence-electron chi connectivity index (χ2n) is 6.75. The minimum atomic E-state index is -0.201. The first-order valence-corrected chi connectivity index (χ1v) is 9.67. The topological polar surface area (TPSA) is 9.23 Å². The largest absolute Gasteiger partial charge is 0.497 e. The Morgan fingerprint density at radius 3 is 2.00 bits per heavy atom. The third-order valence-corrected chi connectivity index (χ3v) is 5.16. The standard InChI is InChI=1S/C24H24ClFO/c1-27-23-16-6-18(7-17-23)4-2-3-5-24(19-8-12-21(25)13-9-19)20-10-14-22(26)15-11-20/h6-17,24H,2-5H2,1H3. The van der Waals surface area contributed by atoms with Crippen molar-refractivity contribution in [3.63, 3.8) is 0 Å². The van der Waals surface area contributed by atoms with Crippen LogP contribution in [0.2, 0.25) is 5.02 Å². The Labute approximate surface area is 165 Å². The van der Waals surface area contributed by atoms with Crippen LogP contribution in [0.1, 0.15) is 41.9 Å². The highest BCUT2D eigenvalue weighted by Crippen LogP contribution is 2.31. The monoisotopic (exact) mass is 382 g/mol. The number of unbranched alkanes of at least 4 members (excludes halogenated alkanes) is 1. The van der Waals surface area contributed by atoms with E-state index in [-0.39, 0.29) is 11.7 Å². The lowest BCUT2D eigenvalue weighted by atomic mass is 9.86. The average molecular weight is 383 g/mol. The van der Waals surface area contributed by atoms with Crippen LogP contribution < -0.4 is 4.74 Å². The molecule has 0 spiro atoms. The Bertz CT molecular complexity index is 780. The van der Waals surface area contributed by atoms with Crippen LogP contribution in [-0.2, 0) is 6.42 Å². The Morgan fingerprint density at radius 1 is 0.815 bits per heavy atom. The number of rotatable bonds is 8. The lowest BCUT2D eigenvalue weighted by Gasteiger charge is -2.18. The highest BCUT2D eigenvalue weighted by molar-refractivity contribution is 6.30. The summed E-state index contributed by atoms with van der Waals surface area (Å²) in [5.74, 6) is 0.935. The van der Waals surface area contributed by atoms with E-state index >= 15 is 0 Å². The van der Waals surface area contributed by atoms with Crippen molar-refractivity contribution in [3.05, 3.63) is 100 Å². The first kappa shape index (κ1) is 19.4. The molecule has 0 heterocycles. The molecule has 0 N–H and O–H groups in total. The van der Waals surface area contributed by atoms with Crippen LogP contribution >= 0.6 is 11.6 Å². The molecule has 27 heavy (non-hydrogen) atoms. The van der Waals surface area contributed by atoms with Crippen LogP contribution in [-0.4, -0.2) is 7.11 Å². The molecule has 0 saturated heterocycles. The van der Waals surface area contributed by atoms with E-state index in [0.717, 1.165) is 42.0 Å². The van der Waals surface area contributed by atoms with Gasteiger partial charge < -0.3 is 4.74 Å². The van der Waals surface area contributed by atoms with Crippen molar-refractivity contribution < 1.29 is 9.13 Å². The van der Waals surface area contributed by atoms with Crippen LogP contribution in [0.5, 0.6) is 5.75 Å². The maximum Gasteiger partial charge on any atom is 0.123 e. The Balaban J connectivity index is 1.64. The first-order chi connectivity index (χ1) is 13.2. The van der Waals surface area contributed by atoms with Crippen LogP contribution in [0.4, 0.5) is 4.39 Å². The third-order valence-electron chi connectivity index (χ3n) is 4.91. The molecule has 1 atom stereocenters. The summed E-state index contributed by atoms with van der Waals surface area (Å²) >= 11 is 6.04. The van der Waals surface area contributed by atoms with E-state index in [4.69, 9.17) is 16.3 Å². The van der Waals surface area contributed by atoms with E-state index in [0.29, 0.717) is 0 Å². The lowest BCUT2D eigenvalue weighted by Crippen LogP contribution is -2.02. The van der Waals surface area contributed by atoms with Crippen LogP contribution in [0.3, 0.4) is 0 Å². The Hall–Kier alpha value is -2.32. The zero-order valence-corrected chi connectivity index (χ0v) is 16.3. The number of aryl methyl sites for hydroxylation is 1. The smallest absolute Gasteiger partial charge is 0.123 e. The van der Waals surface area contributed by atoms with E-state index in [1.165, 1.54) is 23.3 Å². The van der Waals surface area contributed by atoms with Gasteiger partial charge in [0.25, 0.3) is 0 Å². The Kier molecular flexibility index (Phi) is 6.89. The van der Waals surface area contributed by atoms with Crippen molar-refractivity contribution in [3.8, 4) is 5.75 Å². The number of hydrogen-bond acceptors (Lipinski definition) is 1. The minimum absolute atomic E-state index is 0.201. The molecular formula is C24H24ClFO. The quantitative estimate of drug-likeness (QED) is 0.380. The summed E-state index contributed by atoms with van der Waals surface area (Å²) in [7, 11) is 1.68. The average Bonchev–Trinajstić information content (AvgIpc) is 2.70. The van der Waals surface area contributed by atoms with E-state index in [1.54, 1.807) is 7.11 Å². The van der Waals surface area contributed by atoms with Crippen LogP contribution in [0, 0.1) is 5.82 Å². The molecule has 140 valence electrons. The van der Waals surface area contributed by atoms with Crippen molar-refractivity contribution in [1.29, 1.82) is 0 Å². The number of halogens is 2. The molecule has 3 aromatic rings.